The van der Waals surface area contributed by atoms with Gasteiger partial charge in [0.25, 0.3) is 0 Å². The molecule has 1 saturated heterocycles. The molecule has 18 heavy (non-hydrogen) atoms. The van der Waals surface area contributed by atoms with Crippen LogP contribution in [0, 0.1) is 0 Å². The molecule has 0 aromatic rings. The molecule has 1 heterocycles. The largest absolute Gasteiger partial charge is 0.375 e. The topological polar surface area (TPSA) is 15.7 Å². The van der Waals surface area contributed by atoms with Crippen molar-refractivity contribution < 1.29 is 4.74 Å². The average molecular weight is 256 g/mol. The van der Waals surface area contributed by atoms with E-state index in [1.807, 2.05) is 0 Å². The molecule has 3 nitrogen and oxygen atoms in total. The van der Waals surface area contributed by atoms with E-state index in [-0.39, 0.29) is 11.1 Å². The minimum Gasteiger partial charge on any atom is -0.375 e. The lowest BCUT2D eigenvalue weighted by Gasteiger charge is -2.46. The van der Waals surface area contributed by atoms with Gasteiger partial charge in [0.1, 0.15) is 0 Å². The van der Waals surface area contributed by atoms with Gasteiger partial charge in [-0.15, -0.1) is 0 Å². The lowest BCUT2D eigenvalue weighted by atomic mass is 10.0. The molecular formula is C15H32N2O. The van der Waals surface area contributed by atoms with Gasteiger partial charge in [0.05, 0.1) is 12.2 Å². The van der Waals surface area contributed by atoms with E-state index in [1.165, 1.54) is 6.54 Å². The maximum absolute atomic E-state index is 5.81. The quantitative estimate of drug-likeness (QED) is 0.772. The average Bonchev–Trinajstić information content (AvgIpc) is 2.13. The second kappa shape index (κ2) is 5.89. The van der Waals surface area contributed by atoms with Crippen molar-refractivity contribution in [1.29, 1.82) is 0 Å². The van der Waals surface area contributed by atoms with Crippen molar-refractivity contribution in [3.05, 3.63) is 0 Å². The van der Waals surface area contributed by atoms with Gasteiger partial charge in [-0.2, -0.15) is 0 Å². The van der Waals surface area contributed by atoms with E-state index in [2.05, 4.69) is 58.3 Å². The van der Waals surface area contributed by atoms with Crippen molar-refractivity contribution in [2.75, 3.05) is 32.8 Å². The Balaban J connectivity index is 2.33. The summed E-state index contributed by atoms with van der Waals surface area (Å²) < 4.78 is 5.81. The summed E-state index contributed by atoms with van der Waals surface area (Å²) in [5, 5.41) is 0. The standard InChI is InChI=1S/C15H32N2O/c1-13-12-16(10-11-18-15(5,6)7)8-9-17(13)14(2,3)4/h13H,8-12H2,1-7H3/t13-/m0/s1. The molecule has 0 radical (unpaired) electrons. The van der Waals surface area contributed by atoms with Crippen LogP contribution in [0.1, 0.15) is 48.5 Å². The number of hydrogen-bond donors (Lipinski definition) is 0. The van der Waals surface area contributed by atoms with Crippen molar-refractivity contribution in [2.45, 2.75) is 65.6 Å². The molecule has 0 saturated carbocycles. The number of ether oxygens (including phenoxy) is 1. The molecule has 1 rings (SSSR count). The van der Waals surface area contributed by atoms with E-state index in [1.54, 1.807) is 0 Å². The Bertz CT molecular complexity index is 250. The summed E-state index contributed by atoms with van der Waals surface area (Å²) in [5.41, 5.74) is 0.270. The fourth-order valence-corrected chi connectivity index (χ4v) is 2.71. The van der Waals surface area contributed by atoms with Crippen LogP contribution in [0.3, 0.4) is 0 Å². The fraction of sp³-hybridized carbons (Fsp3) is 1.00. The molecule has 0 bridgehead atoms. The van der Waals surface area contributed by atoms with Crippen molar-refractivity contribution in [3.8, 4) is 0 Å². The molecule has 1 fully saturated rings. The smallest absolute Gasteiger partial charge is 0.0600 e. The van der Waals surface area contributed by atoms with Gasteiger partial charge < -0.3 is 4.74 Å². The highest BCUT2D eigenvalue weighted by molar-refractivity contribution is 4.87. The normalized spacial score (nSPS) is 24.5. The van der Waals surface area contributed by atoms with Crippen molar-refractivity contribution in [1.82, 2.24) is 9.80 Å². The highest BCUT2D eigenvalue weighted by Crippen LogP contribution is 2.20. The summed E-state index contributed by atoms with van der Waals surface area (Å²) in [4.78, 5) is 5.13. The third-order valence-electron chi connectivity index (χ3n) is 3.52. The Morgan fingerprint density at radius 3 is 2.11 bits per heavy atom. The van der Waals surface area contributed by atoms with E-state index in [0.717, 1.165) is 26.2 Å². The molecule has 0 aromatic carbocycles. The number of piperazine rings is 1. The molecule has 0 unspecified atom stereocenters. The minimum atomic E-state index is -0.0150. The van der Waals surface area contributed by atoms with E-state index in [4.69, 9.17) is 4.74 Å². The van der Waals surface area contributed by atoms with Crippen LogP contribution in [0.25, 0.3) is 0 Å². The Morgan fingerprint density at radius 1 is 1.06 bits per heavy atom. The van der Waals surface area contributed by atoms with Crippen LogP contribution in [-0.2, 0) is 4.74 Å². The van der Waals surface area contributed by atoms with Gasteiger partial charge in [0, 0.05) is 37.8 Å². The summed E-state index contributed by atoms with van der Waals surface area (Å²) >= 11 is 0. The minimum absolute atomic E-state index is 0.0150. The monoisotopic (exact) mass is 256 g/mol. The van der Waals surface area contributed by atoms with Gasteiger partial charge in [0.2, 0.25) is 0 Å². The molecule has 0 aliphatic carbocycles. The molecular weight excluding hydrogens is 224 g/mol. The fourth-order valence-electron chi connectivity index (χ4n) is 2.71. The van der Waals surface area contributed by atoms with Crippen LogP contribution in [0.4, 0.5) is 0 Å². The van der Waals surface area contributed by atoms with Crippen molar-refractivity contribution >= 4 is 0 Å². The number of nitrogens with zero attached hydrogens (tertiary/aromatic N) is 2. The summed E-state index contributed by atoms with van der Waals surface area (Å²) in [6.45, 7) is 21.0. The molecule has 108 valence electrons. The maximum Gasteiger partial charge on any atom is 0.0600 e. The van der Waals surface area contributed by atoms with Gasteiger partial charge in [-0.25, -0.2) is 0 Å². The van der Waals surface area contributed by atoms with Gasteiger partial charge in [-0.3, -0.25) is 9.80 Å². The lowest BCUT2D eigenvalue weighted by Crippen LogP contribution is -2.58. The van der Waals surface area contributed by atoms with Crippen LogP contribution < -0.4 is 0 Å². The van der Waals surface area contributed by atoms with Crippen molar-refractivity contribution in [2.24, 2.45) is 0 Å². The second-order valence-corrected chi connectivity index (χ2v) is 7.47. The molecule has 0 N–H and O–H groups in total. The van der Waals surface area contributed by atoms with Crippen LogP contribution in [-0.4, -0.2) is 59.8 Å². The van der Waals surface area contributed by atoms with Gasteiger partial charge in [0.15, 0.2) is 0 Å². The Morgan fingerprint density at radius 2 is 1.67 bits per heavy atom. The van der Waals surface area contributed by atoms with Gasteiger partial charge in [-0.05, 0) is 48.5 Å². The summed E-state index contributed by atoms with van der Waals surface area (Å²) in [7, 11) is 0. The molecule has 1 aliphatic heterocycles. The van der Waals surface area contributed by atoms with E-state index >= 15 is 0 Å². The molecule has 3 heteroatoms. The molecule has 1 atom stereocenters. The Labute approximate surface area is 113 Å². The first-order valence-electron chi connectivity index (χ1n) is 7.23. The lowest BCUT2D eigenvalue weighted by molar-refractivity contribution is -0.0311. The van der Waals surface area contributed by atoms with E-state index in [9.17, 15) is 0 Å². The summed E-state index contributed by atoms with van der Waals surface area (Å²) in [5.74, 6) is 0. The number of rotatable bonds is 3. The number of hydrogen-bond acceptors (Lipinski definition) is 3. The molecule has 0 aromatic heterocycles. The highest BCUT2D eigenvalue weighted by Gasteiger charge is 2.31. The van der Waals surface area contributed by atoms with E-state index in [0.29, 0.717) is 6.04 Å². The van der Waals surface area contributed by atoms with Gasteiger partial charge in [-0.1, -0.05) is 0 Å². The molecule has 1 aliphatic rings. The first kappa shape index (κ1) is 15.9. The predicted octanol–water partition coefficient (Wildman–Crippen LogP) is 2.61. The van der Waals surface area contributed by atoms with Crippen LogP contribution in [0.5, 0.6) is 0 Å². The third kappa shape index (κ3) is 5.25. The zero-order valence-corrected chi connectivity index (χ0v) is 13.4. The zero-order valence-electron chi connectivity index (χ0n) is 13.4. The maximum atomic E-state index is 5.81. The summed E-state index contributed by atoms with van der Waals surface area (Å²) in [6, 6.07) is 0.633. The SMILES string of the molecule is C[C@H]1CN(CCOC(C)(C)C)CCN1C(C)(C)C. The Kier molecular flexibility index (Phi) is 5.22. The zero-order chi connectivity index (χ0) is 14.0. The Hall–Kier alpha value is -0.120. The van der Waals surface area contributed by atoms with Crippen LogP contribution >= 0.6 is 0 Å². The predicted molar refractivity (Wildman–Crippen MR) is 78.1 cm³/mol. The second-order valence-electron chi connectivity index (χ2n) is 7.47. The van der Waals surface area contributed by atoms with Crippen LogP contribution in [0.15, 0.2) is 0 Å². The summed E-state index contributed by atoms with van der Waals surface area (Å²) in [6.07, 6.45) is 0. The van der Waals surface area contributed by atoms with Crippen LogP contribution in [0.2, 0.25) is 0 Å². The highest BCUT2D eigenvalue weighted by atomic mass is 16.5. The van der Waals surface area contributed by atoms with Gasteiger partial charge >= 0.3 is 0 Å². The first-order valence-corrected chi connectivity index (χ1v) is 7.23. The first-order chi connectivity index (χ1) is 8.09. The molecule has 0 amide bonds. The van der Waals surface area contributed by atoms with E-state index < -0.39 is 0 Å². The molecule has 0 spiro atoms. The van der Waals surface area contributed by atoms with Crippen molar-refractivity contribution in [3.63, 3.8) is 0 Å². The third-order valence-corrected chi connectivity index (χ3v) is 3.52.